The first-order valence-electron chi connectivity index (χ1n) is 7.74. The second-order valence-corrected chi connectivity index (χ2v) is 5.88. The number of hydrogen-bond donors (Lipinski definition) is 2. The fourth-order valence-corrected chi connectivity index (χ4v) is 2.52. The van der Waals surface area contributed by atoms with Gasteiger partial charge in [0.25, 0.3) is 0 Å². The average Bonchev–Trinajstić information content (AvgIpc) is 2.51. The molecule has 0 bridgehead atoms. The molecule has 2 rings (SSSR count). The summed E-state index contributed by atoms with van der Waals surface area (Å²) >= 11 is 5.88. The zero-order chi connectivity index (χ0) is 17.7. The summed E-state index contributed by atoms with van der Waals surface area (Å²) in [6, 6.07) is 1.91. The number of nitrogens with zero attached hydrogens (tertiary/aromatic N) is 2. The minimum atomic E-state index is -0.996. The number of unbranched alkanes of at least 4 members (excludes halogenated alkanes) is 1. The zero-order valence-corrected chi connectivity index (χ0v) is 14.3. The summed E-state index contributed by atoms with van der Waals surface area (Å²) in [7, 11) is 0. The largest absolute Gasteiger partial charge is 0.365 e. The molecule has 1 heterocycles. The fourth-order valence-electron chi connectivity index (χ4n) is 2.34. The Morgan fingerprint density at radius 2 is 2.00 bits per heavy atom. The first-order valence-corrected chi connectivity index (χ1v) is 8.11. The van der Waals surface area contributed by atoms with Crippen molar-refractivity contribution in [2.24, 2.45) is 0 Å². The van der Waals surface area contributed by atoms with Crippen LogP contribution in [-0.2, 0) is 4.79 Å². The van der Waals surface area contributed by atoms with Crippen molar-refractivity contribution in [3.63, 3.8) is 0 Å². The van der Waals surface area contributed by atoms with Crippen LogP contribution in [0.1, 0.15) is 33.1 Å². The molecule has 0 fully saturated rings. The summed E-state index contributed by atoms with van der Waals surface area (Å²) in [6.45, 7) is 3.89. The molecule has 2 N–H and O–H groups in total. The number of nitrogens with one attached hydrogen (secondary N) is 2. The van der Waals surface area contributed by atoms with Crippen molar-refractivity contribution in [2.75, 3.05) is 11.9 Å². The SMILES string of the molecule is CCCC[C@H](CNC(C)=O)Nc1nc(Cl)nc2cc(F)c(F)cc12. The van der Waals surface area contributed by atoms with E-state index in [0.29, 0.717) is 17.7 Å². The Morgan fingerprint density at radius 3 is 2.67 bits per heavy atom. The fraction of sp³-hybridized carbons (Fsp3) is 0.438. The van der Waals surface area contributed by atoms with Crippen LogP contribution in [0.2, 0.25) is 5.28 Å². The number of carbonyl (C=O) groups excluding carboxylic acids is 1. The normalized spacial score (nSPS) is 12.2. The van der Waals surface area contributed by atoms with Crippen LogP contribution in [0.5, 0.6) is 0 Å². The van der Waals surface area contributed by atoms with Gasteiger partial charge in [0.05, 0.1) is 5.52 Å². The monoisotopic (exact) mass is 356 g/mol. The van der Waals surface area contributed by atoms with E-state index >= 15 is 0 Å². The Hall–Kier alpha value is -2.02. The number of hydrogen-bond acceptors (Lipinski definition) is 4. The molecule has 0 aliphatic heterocycles. The van der Waals surface area contributed by atoms with Crippen LogP contribution in [0, 0.1) is 11.6 Å². The van der Waals surface area contributed by atoms with Gasteiger partial charge in [-0.3, -0.25) is 4.79 Å². The van der Waals surface area contributed by atoms with Crippen LogP contribution in [-0.4, -0.2) is 28.5 Å². The van der Waals surface area contributed by atoms with Crippen molar-refractivity contribution in [3.8, 4) is 0 Å². The molecule has 1 aromatic heterocycles. The van der Waals surface area contributed by atoms with E-state index < -0.39 is 11.6 Å². The molecule has 0 radical (unpaired) electrons. The minimum absolute atomic E-state index is 0.0650. The number of amides is 1. The van der Waals surface area contributed by atoms with Crippen LogP contribution in [0.25, 0.3) is 10.9 Å². The Bertz CT molecular complexity index is 742. The van der Waals surface area contributed by atoms with E-state index in [0.717, 1.165) is 31.4 Å². The van der Waals surface area contributed by atoms with Crippen molar-refractivity contribution in [1.82, 2.24) is 15.3 Å². The summed E-state index contributed by atoms with van der Waals surface area (Å²) in [4.78, 5) is 19.2. The molecule has 8 heteroatoms. The quantitative estimate of drug-likeness (QED) is 0.743. The summed E-state index contributed by atoms with van der Waals surface area (Å²) in [5.41, 5.74) is 0.213. The minimum Gasteiger partial charge on any atom is -0.365 e. The molecule has 1 atom stereocenters. The zero-order valence-electron chi connectivity index (χ0n) is 13.5. The maximum absolute atomic E-state index is 13.6. The maximum Gasteiger partial charge on any atom is 0.224 e. The lowest BCUT2D eigenvalue weighted by molar-refractivity contribution is -0.119. The lowest BCUT2D eigenvalue weighted by atomic mass is 10.1. The molecular formula is C16H19ClF2N4O. The van der Waals surface area contributed by atoms with E-state index in [9.17, 15) is 13.6 Å². The summed E-state index contributed by atoms with van der Waals surface area (Å²) in [5.74, 6) is -1.81. The highest BCUT2D eigenvalue weighted by molar-refractivity contribution is 6.28. The van der Waals surface area contributed by atoms with E-state index in [1.54, 1.807) is 0 Å². The van der Waals surface area contributed by atoms with Crippen molar-refractivity contribution >= 4 is 34.2 Å². The van der Waals surface area contributed by atoms with Crippen LogP contribution >= 0.6 is 11.6 Å². The molecule has 0 aliphatic rings. The molecule has 5 nitrogen and oxygen atoms in total. The Kier molecular flexibility index (Phi) is 6.25. The molecule has 0 aliphatic carbocycles. The highest BCUT2D eigenvalue weighted by atomic mass is 35.5. The first-order chi connectivity index (χ1) is 11.4. The number of benzene rings is 1. The van der Waals surface area contributed by atoms with Crippen LogP contribution in [0.15, 0.2) is 12.1 Å². The Labute approximate surface area is 143 Å². The number of anilines is 1. The van der Waals surface area contributed by atoms with Crippen LogP contribution < -0.4 is 10.6 Å². The van der Waals surface area contributed by atoms with Crippen molar-refractivity contribution in [3.05, 3.63) is 29.1 Å². The van der Waals surface area contributed by atoms with Gasteiger partial charge in [-0.15, -0.1) is 0 Å². The topological polar surface area (TPSA) is 66.9 Å². The average molecular weight is 357 g/mol. The number of aromatic nitrogens is 2. The van der Waals surface area contributed by atoms with Gasteiger partial charge in [0.1, 0.15) is 5.82 Å². The van der Waals surface area contributed by atoms with Gasteiger partial charge in [-0.1, -0.05) is 19.8 Å². The summed E-state index contributed by atoms with van der Waals surface area (Å²) in [5, 5.41) is 6.18. The second kappa shape index (κ2) is 8.19. The van der Waals surface area contributed by atoms with Crippen molar-refractivity contribution in [2.45, 2.75) is 39.2 Å². The molecule has 1 amide bonds. The third-order valence-electron chi connectivity index (χ3n) is 3.55. The standard InChI is InChI=1S/C16H19ClF2N4O/c1-3-4-5-10(8-20-9(2)24)21-15-11-6-12(18)13(19)7-14(11)22-16(17)23-15/h6-7,10H,3-5,8H2,1-2H3,(H,20,24)(H,21,22,23)/t10-/m1/s1. The number of rotatable bonds is 7. The van der Waals surface area contributed by atoms with Gasteiger partial charge in [0.15, 0.2) is 11.6 Å². The number of halogens is 3. The molecule has 0 unspecified atom stereocenters. The van der Waals surface area contributed by atoms with Crippen LogP contribution in [0.3, 0.4) is 0 Å². The third kappa shape index (κ3) is 4.74. The smallest absolute Gasteiger partial charge is 0.224 e. The molecule has 2 aromatic rings. The van der Waals surface area contributed by atoms with E-state index in [2.05, 4.69) is 27.5 Å². The summed E-state index contributed by atoms with van der Waals surface area (Å²) in [6.07, 6.45) is 2.71. The molecular weight excluding hydrogens is 338 g/mol. The highest BCUT2D eigenvalue weighted by Crippen LogP contribution is 2.25. The molecule has 0 saturated carbocycles. The Balaban J connectivity index is 2.33. The molecule has 1 aromatic carbocycles. The first kappa shape index (κ1) is 18.3. The van der Waals surface area contributed by atoms with Crippen molar-refractivity contribution < 1.29 is 13.6 Å². The molecule has 24 heavy (non-hydrogen) atoms. The lowest BCUT2D eigenvalue weighted by Gasteiger charge is -2.20. The predicted molar refractivity (Wildman–Crippen MR) is 90.1 cm³/mol. The van der Waals surface area contributed by atoms with Gasteiger partial charge in [0, 0.05) is 31.0 Å². The summed E-state index contributed by atoms with van der Waals surface area (Å²) < 4.78 is 27.0. The van der Waals surface area contributed by atoms with Gasteiger partial charge >= 0.3 is 0 Å². The van der Waals surface area contributed by atoms with Gasteiger partial charge in [-0.2, -0.15) is 0 Å². The van der Waals surface area contributed by atoms with E-state index in [1.165, 1.54) is 6.92 Å². The molecule has 130 valence electrons. The van der Waals surface area contributed by atoms with Gasteiger partial charge < -0.3 is 10.6 Å². The van der Waals surface area contributed by atoms with Gasteiger partial charge in [0.2, 0.25) is 11.2 Å². The van der Waals surface area contributed by atoms with Gasteiger partial charge in [-0.05, 0) is 24.1 Å². The Morgan fingerprint density at radius 1 is 1.29 bits per heavy atom. The van der Waals surface area contributed by atoms with Gasteiger partial charge in [-0.25, -0.2) is 18.7 Å². The van der Waals surface area contributed by atoms with Crippen LogP contribution in [0.4, 0.5) is 14.6 Å². The maximum atomic E-state index is 13.6. The van der Waals surface area contributed by atoms with E-state index in [4.69, 9.17) is 11.6 Å². The molecule has 0 saturated heterocycles. The second-order valence-electron chi connectivity index (χ2n) is 5.55. The number of carbonyl (C=O) groups is 1. The highest BCUT2D eigenvalue weighted by Gasteiger charge is 2.15. The lowest BCUT2D eigenvalue weighted by Crippen LogP contribution is -2.35. The number of fused-ring (bicyclic) bond motifs is 1. The molecule has 0 spiro atoms. The van der Waals surface area contributed by atoms with E-state index in [1.807, 2.05) is 0 Å². The third-order valence-corrected chi connectivity index (χ3v) is 3.72. The predicted octanol–water partition coefficient (Wildman–Crippen LogP) is 3.67. The van der Waals surface area contributed by atoms with Crippen molar-refractivity contribution in [1.29, 1.82) is 0 Å². The van der Waals surface area contributed by atoms with E-state index in [-0.39, 0.29) is 22.7 Å².